The summed E-state index contributed by atoms with van der Waals surface area (Å²) in [5.74, 6) is 0. The predicted molar refractivity (Wildman–Crippen MR) is 36.5 cm³/mol. The molecule has 0 atom stereocenters. The molecule has 0 saturated heterocycles. The number of rotatable bonds is 1. The molecule has 0 aliphatic carbocycles. The lowest BCUT2D eigenvalue weighted by Gasteiger charge is -1.83. The lowest BCUT2D eigenvalue weighted by molar-refractivity contribution is 1.14. The molecule has 0 aliphatic heterocycles. The van der Waals surface area contributed by atoms with Gasteiger partial charge in [-0.3, -0.25) is 0 Å². The quantitative estimate of drug-likeness (QED) is 0.595. The van der Waals surface area contributed by atoms with E-state index in [1.165, 1.54) is 11.5 Å². The first-order valence-electron chi connectivity index (χ1n) is 2.43. The first-order chi connectivity index (χ1) is 3.84. The Kier molecular flexibility index (Phi) is 1.86. The summed E-state index contributed by atoms with van der Waals surface area (Å²) >= 11 is 7.04. The fourth-order valence-corrected chi connectivity index (χ4v) is 1.36. The molecule has 0 fully saturated rings. The van der Waals surface area contributed by atoms with Crippen molar-refractivity contribution in [2.24, 2.45) is 0 Å². The third kappa shape index (κ3) is 1.01. The molecule has 0 aromatic carbocycles. The fraction of sp³-hybridized carbons (Fsp3) is 0.400. The molecule has 1 heterocycles. The number of hydrogen-bond acceptors (Lipinski definition) is 2. The summed E-state index contributed by atoms with van der Waals surface area (Å²) in [6.45, 7) is 2.07. The van der Waals surface area contributed by atoms with E-state index in [4.69, 9.17) is 11.6 Å². The van der Waals surface area contributed by atoms with Gasteiger partial charge >= 0.3 is 0 Å². The molecule has 0 aliphatic rings. The van der Waals surface area contributed by atoms with Gasteiger partial charge in [-0.2, -0.15) is 4.37 Å². The molecule has 0 bridgehead atoms. The molecule has 0 N–H and O–H groups in total. The Morgan fingerprint density at radius 2 is 2.62 bits per heavy atom. The van der Waals surface area contributed by atoms with Crippen LogP contribution in [0.1, 0.15) is 12.5 Å². The second-order valence-electron chi connectivity index (χ2n) is 1.48. The zero-order valence-corrected chi connectivity index (χ0v) is 6.09. The Hall–Kier alpha value is -0.0800. The highest BCUT2D eigenvalue weighted by atomic mass is 35.5. The smallest absolute Gasteiger partial charge is 0.117 e. The number of aryl methyl sites for hydroxylation is 1. The van der Waals surface area contributed by atoms with E-state index in [1.807, 2.05) is 6.20 Å². The van der Waals surface area contributed by atoms with Gasteiger partial charge in [-0.05, 0) is 18.0 Å². The molecule has 44 valence electrons. The van der Waals surface area contributed by atoms with Crippen LogP contribution in [-0.4, -0.2) is 4.37 Å². The normalized spacial score (nSPS) is 9.75. The Morgan fingerprint density at radius 3 is 2.88 bits per heavy atom. The van der Waals surface area contributed by atoms with Crippen LogP contribution < -0.4 is 0 Å². The van der Waals surface area contributed by atoms with Crippen LogP contribution in [0.2, 0.25) is 4.34 Å². The van der Waals surface area contributed by atoms with Crippen molar-refractivity contribution in [1.29, 1.82) is 0 Å². The van der Waals surface area contributed by atoms with E-state index in [1.54, 1.807) is 0 Å². The zero-order chi connectivity index (χ0) is 5.98. The highest BCUT2D eigenvalue weighted by Gasteiger charge is 1.96. The lowest BCUT2D eigenvalue weighted by Crippen LogP contribution is -1.70. The van der Waals surface area contributed by atoms with Gasteiger partial charge in [0.25, 0.3) is 0 Å². The van der Waals surface area contributed by atoms with E-state index in [9.17, 15) is 0 Å². The van der Waals surface area contributed by atoms with Crippen molar-refractivity contribution in [1.82, 2.24) is 4.37 Å². The maximum atomic E-state index is 5.70. The van der Waals surface area contributed by atoms with Crippen molar-refractivity contribution in [3.63, 3.8) is 0 Å². The number of hydrogen-bond donors (Lipinski definition) is 0. The Balaban J connectivity index is 2.92. The summed E-state index contributed by atoms with van der Waals surface area (Å²) in [6.07, 6.45) is 2.79. The highest BCUT2D eigenvalue weighted by molar-refractivity contribution is 7.10. The van der Waals surface area contributed by atoms with Crippen molar-refractivity contribution >= 4 is 23.1 Å². The first-order valence-corrected chi connectivity index (χ1v) is 3.58. The zero-order valence-electron chi connectivity index (χ0n) is 4.52. The fourth-order valence-electron chi connectivity index (χ4n) is 0.476. The van der Waals surface area contributed by atoms with Crippen LogP contribution in [0.25, 0.3) is 0 Å². The largest absolute Gasteiger partial charge is 0.199 e. The molecule has 3 heteroatoms. The first kappa shape index (κ1) is 6.05. The third-order valence-electron chi connectivity index (χ3n) is 0.975. The third-order valence-corrected chi connectivity index (χ3v) is 2.06. The van der Waals surface area contributed by atoms with Crippen LogP contribution in [0.4, 0.5) is 0 Å². The Labute approximate surface area is 57.5 Å². The van der Waals surface area contributed by atoms with Crippen molar-refractivity contribution in [3.05, 3.63) is 16.1 Å². The second-order valence-corrected chi connectivity index (χ2v) is 2.88. The van der Waals surface area contributed by atoms with Crippen molar-refractivity contribution in [2.45, 2.75) is 13.3 Å². The van der Waals surface area contributed by atoms with Gasteiger partial charge in [0.1, 0.15) is 4.34 Å². The van der Waals surface area contributed by atoms with Crippen LogP contribution in [-0.2, 0) is 6.42 Å². The van der Waals surface area contributed by atoms with Crippen molar-refractivity contribution in [3.8, 4) is 0 Å². The van der Waals surface area contributed by atoms with Gasteiger partial charge in [0.2, 0.25) is 0 Å². The molecule has 0 saturated carbocycles. The van der Waals surface area contributed by atoms with Gasteiger partial charge in [-0.25, -0.2) is 0 Å². The van der Waals surface area contributed by atoms with E-state index < -0.39 is 0 Å². The summed E-state index contributed by atoms with van der Waals surface area (Å²) in [5, 5.41) is 0. The van der Waals surface area contributed by atoms with E-state index >= 15 is 0 Å². The summed E-state index contributed by atoms with van der Waals surface area (Å²) in [7, 11) is 0. The number of aromatic nitrogens is 1. The van der Waals surface area contributed by atoms with E-state index in [0.29, 0.717) is 0 Å². The van der Waals surface area contributed by atoms with Crippen LogP contribution in [0.3, 0.4) is 0 Å². The average molecular weight is 148 g/mol. The maximum absolute atomic E-state index is 5.70. The van der Waals surface area contributed by atoms with Crippen molar-refractivity contribution < 1.29 is 0 Å². The monoisotopic (exact) mass is 147 g/mol. The Bertz CT molecular complexity index is 173. The number of nitrogens with zero attached hydrogens (tertiary/aromatic N) is 1. The summed E-state index contributed by atoms with van der Waals surface area (Å²) < 4.78 is 4.73. The highest BCUT2D eigenvalue weighted by Crippen LogP contribution is 2.19. The molecule has 8 heavy (non-hydrogen) atoms. The van der Waals surface area contributed by atoms with Crippen LogP contribution in [0.15, 0.2) is 6.20 Å². The van der Waals surface area contributed by atoms with Gasteiger partial charge < -0.3 is 0 Å². The summed E-state index contributed by atoms with van der Waals surface area (Å²) in [4.78, 5) is 0. The molecule has 1 aromatic heterocycles. The molecule has 0 spiro atoms. The van der Waals surface area contributed by atoms with Crippen LogP contribution >= 0.6 is 23.1 Å². The van der Waals surface area contributed by atoms with E-state index in [0.717, 1.165) is 16.3 Å². The minimum absolute atomic E-state index is 0.826. The maximum Gasteiger partial charge on any atom is 0.117 e. The van der Waals surface area contributed by atoms with E-state index in [-0.39, 0.29) is 0 Å². The lowest BCUT2D eigenvalue weighted by atomic mass is 10.3. The minimum Gasteiger partial charge on any atom is -0.199 e. The van der Waals surface area contributed by atoms with Gasteiger partial charge in [0.05, 0.1) is 0 Å². The summed E-state index contributed by atoms with van der Waals surface area (Å²) in [5.41, 5.74) is 1.15. The van der Waals surface area contributed by atoms with Crippen molar-refractivity contribution in [2.75, 3.05) is 0 Å². The Morgan fingerprint density at radius 1 is 1.88 bits per heavy atom. The number of halogens is 1. The molecule has 1 rings (SSSR count). The SMILES string of the molecule is CCc1cnsc1Cl. The van der Waals surface area contributed by atoms with Gasteiger partial charge in [0, 0.05) is 11.8 Å². The van der Waals surface area contributed by atoms with Gasteiger partial charge in [-0.1, -0.05) is 18.5 Å². The molecule has 0 radical (unpaired) electrons. The summed E-state index contributed by atoms with van der Waals surface area (Å²) in [6, 6.07) is 0. The molecule has 1 nitrogen and oxygen atoms in total. The molecule has 0 amide bonds. The molecule has 1 aromatic rings. The second kappa shape index (κ2) is 2.46. The van der Waals surface area contributed by atoms with Gasteiger partial charge in [-0.15, -0.1) is 0 Å². The average Bonchev–Trinajstić information content (AvgIpc) is 2.14. The topological polar surface area (TPSA) is 12.9 Å². The van der Waals surface area contributed by atoms with Crippen LogP contribution in [0, 0.1) is 0 Å². The standard InChI is InChI=1S/C5H6ClNS/c1-2-4-3-7-8-5(4)6/h3H,2H2,1H3. The molecular weight excluding hydrogens is 142 g/mol. The van der Waals surface area contributed by atoms with Gasteiger partial charge in [0.15, 0.2) is 0 Å². The minimum atomic E-state index is 0.826. The van der Waals surface area contributed by atoms with Crippen LogP contribution in [0.5, 0.6) is 0 Å². The molecular formula is C5H6ClNS. The molecule has 0 unspecified atom stereocenters. The van der Waals surface area contributed by atoms with E-state index in [2.05, 4.69) is 11.3 Å². The predicted octanol–water partition coefficient (Wildman–Crippen LogP) is 2.36.